The third-order valence-electron chi connectivity index (χ3n) is 7.41. The van der Waals surface area contributed by atoms with Crippen LogP contribution in [-0.4, -0.2) is 45.0 Å². The molecule has 2 saturated heterocycles. The van der Waals surface area contributed by atoms with Crippen LogP contribution in [0.25, 0.3) is 33.2 Å². The smallest absolute Gasteiger partial charge is 0.276 e. The number of aryl methyl sites for hydroxylation is 1. The molecule has 1 aromatic carbocycles. The summed E-state index contributed by atoms with van der Waals surface area (Å²) in [5.41, 5.74) is 5.40. The standard InChI is InChI=1S/C28H29N5O3/c1-31-27-24(16-30-31)25(18-32(28(27)35)17-19-8-11-36-12-9-19)22-13-21(14-29-15-22)20-4-6-23(7-5-20)33-10-2-3-26(33)34/h4-7,13-16,18-19H,2-3,8-12,17H2,1H3. The summed E-state index contributed by atoms with van der Waals surface area (Å²) < 4.78 is 9.01. The van der Waals surface area contributed by atoms with E-state index in [-0.39, 0.29) is 11.5 Å². The van der Waals surface area contributed by atoms with E-state index < -0.39 is 0 Å². The number of carbonyl (C=O) groups is 1. The molecule has 1 amide bonds. The van der Waals surface area contributed by atoms with Crippen molar-refractivity contribution in [2.24, 2.45) is 13.0 Å². The first kappa shape index (κ1) is 22.7. The van der Waals surface area contributed by atoms with Crippen molar-refractivity contribution >= 4 is 22.5 Å². The van der Waals surface area contributed by atoms with Crippen molar-refractivity contribution in [1.82, 2.24) is 19.3 Å². The molecule has 0 unspecified atom stereocenters. The number of carbonyl (C=O) groups excluding carboxylic acids is 1. The highest BCUT2D eigenvalue weighted by Gasteiger charge is 2.22. The number of rotatable bonds is 5. The van der Waals surface area contributed by atoms with Gasteiger partial charge in [-0.05, 0) is 48.9 Å². The van der Waals surface area contributed by atoms with Crippen LogP contribution in [0.4, 0.5) is 5.69 Å². The van der Waals surface area contributed by atoms with Crippen LogP contribution in [0.5, 0.6) is 0 Å². The van der Waals surface area contributed by atoms with Gasteiger partial charge in [-0.1, -0.05) is 12.1 Å². The number of pyridine rings is 2. The van der Waals surface area contributed by atoms with Crippen molar-refractivity contribution in [3.63, 3.8) is 0 Å². The summed E-state index contributed by atoms with van der Waals surface area (Å²) in [6, 6.07) is 10.2. The number of hydrogen-bond acceptors (Lipinski definition) is 5. The summed E-state index contributed by atoms with van der Waals surface area (Å²) in [5.74, 6) is 0.600. The second-order valence-corrected chi connectivity index (χ2v) is 9.74. The third-order valence-corrected chi connectivity index (χ3v) is 7.41. The Morgan fingerprint density at radius 2 is 1.78 bits per heavy atom. The highest BCUT2D eigenvalue weighted by atomic mass is 16.5. The lowest BCUT2D eigenvalue weighted by molar-refractivity contribution is -0.117. The maximum absolute atomic E-state index is 13.3. The zero-order valence-electron chi connectivity index (χ0n) is 20.4. The molecule has 4 aromatic rings. The monoisotopic (exact) mass is 483 g/mol. The van der Waals surface area contributed by atoms with Gasteiger partial charge in [0.15, 0.2) is 0 Å². The molecule has 0 N–H and O–H groups in total. The minimum atomic E-state index is -0.0172. The summed E-state index contributed by atoms with van der Waals surface area (Å²) >= 11 is 0. The highest BCUT2D eigenvalue weighted by Crippen LogP contribution is 2.31. The first-order chi connectivity index (χ1) is 17.6. The van der Waals surface area contributed by atoms with Crippen LogP contribution in [0.15, 0.2) is 59.9 Å². The molecule has 5 heterocycles. The Balaban J connectivity index is 1.38. The van der Waals surface area contributed by atoms with Crippen LogP contribution in [0.1, 0.15) is 25.7 Å². The van der Waals surface area contributed by atoms with E-state index in [1.165, 1.54) is 0 Å². The number of anilines is 1. The largest absolute Gasteiger partial charge is 0.381 e. The first-order valence-electron chi connectivity index (χ1n) is 12.6. The SMILES string of the molecule is Cn1ncc2c(-c3cncc(-c4ccc(N5CCCC5=O)cc4)c3)cn(CC3CCOCC3)c(=O)c21. The summed E-state index contributed by atoms with van der Waals surface area (Å²) in [4.78, 5) is 31.8. The predicted octanol–water partition coefficient (Wildman–Crippen LogP) is 4.02. The van der Waals surface area contributed by atoms with E-state index in [2.05, 4.69) is 16.1 Å². The molecule has 0 bridgehead atoms. The number of fused-ring (bicyclic) bond motifs is 1. The third kappa shape index (κ3) is 4.11. The average Bonchev–Trinajstić information content (AvgIpc) is 3.52. The van der Waals surface area contributed by atoms with Crippen LogP contribution in [-0.2, 0) is 23.1 Å². The van der Waals surface area contributed by atoms with Gasteiger partial charge in [0.2, 0.25) is 5.91 Å². The van der Waals surface area contributed by atoms with Crippen molar-refractivity contribution in [3.05, 3.63) is 65.5 Å². The van der Waals surface area contributed by atoms with Crippen LogP contribution in [0.3, 0.4) is 0 Å². The van der Waals surface area contributed by atoms with Gasteiger partial charge in [-0.3, -0.25) is 19.3 Å². The van der Waals surface area contributed by atoms with Crippen LogP contribution in [0.2, 0.25) is 0 Å². The Labute approximate surface area is 209 Å². The predicted molar refractivity (Wildman–Crippen MR) is 139 cm³/mol. The Morgan fingerprint density at radius 3 is 2.53 bits per heavy atom. The summed E-state index contributed by atoms with van der Waals surface area (Å²) in [6.45, 7) is 2.94. The minimum absolute atomic E-state index is 0.0172. The Kier molecular flexibility index (Phi) is 5.89. The zero-order valence-corrected chi connectivity index (χ0v) is 20.4. The van der Waals surface area contributed by atoms with E-state index in [1.54, 1.807) is 10.9 Å². The molecule has 0 atom stereocenters. The maximum atomic E-state index is 13.3. The minimum Gasteiger partial charge on any atom is -0.381 e. The molecule has 8 heteroatoms. The van der Waals surface area contributed by atoms with Crippen molar-refractivity contribution in [2.45, 2.75) is 32.2 Å². The van der Waals surface area contributed by atoms with Gasteiger partial charge < -0.3 is 14.2 Å². The van der Waals surface area contributed by atoms with Gasteiger partial charge in [0.05, 0.1) is 6.20 Å². The molecule has 2 aliphatic heterocycles. The summed E-state index contributed by atoms with van der Waals surface area (Å²) in [5, 5.41) is 5.22. The second kappa shape index (κ2) is 9.35. The van der Waals surface area contributed by atoms with E-state index >= 15 is 0 Å². The van der Waals surface area contributed by atoms with E-state index in [1.807, 2.05) is 59.4 Å². The van der Waals surface area contributed by atoms with Crippen LogP contribution >= 0.6 is 0 Å². The Bertz CT molecular complexity index is 1480. The zero-order chi connectivity index (χ0) is 24.6. The molecule has 0 radical (unpaired) electrons. The van der Waals surface area contributed by atoms with Gasteiger partial charge in [0.1, 0.15) is 5.52 Å². The summed E-state index contributed by atoms with van der Waals surface area (Å²) in [7, 11) is 1.81. The first-order valence-corrected chi connectivity index (χ1v) is 12.6. The van der Waals surface area contributed by atoms with Crippen molar-refractivity contribution in [2.75, 3.05) is 24.7 Å². The van der Waals surface area contributed by atoms with E-state index in [0.717, 1.165) is 72.3 Å². The number of nitrogens with zero attached hydrogens (tertiary/aromatic N) is 5. The molecule has 184 valence electrons. The summed E-state index contributed by atoms with van der Waals surface area (Å²) in [6.07, 6.45) is 10.9. The molecular weight excluding hydrogens is 454 g/mol. The van der Waals surface area contributed by atoms with Gasteiger partial charge in [0, 0.05) is 86.1 Å². The molecule has 6 rings (SSSR count). The van der Waals surface area contributed by atoms with Crippen molar-refractivity contribution < 1.29 is 9.53 Å². The number of hydrogen-bond donors (Lipinski definition) is 0. The van der Waals surface area contributed by atoms with Gasteiger partial charge in [-0.15, -0.1) is 0 Å². The number of aromatic nitrogens is 4. The fraction of sp³-hybridized carbons (Fsp3) is 0.357. The van der Waals surface area contributed by atoms with Gasteiger partial charge in [-0.25, -0.2) is 0 Å². The lowest BCUT2D eigenvalue weighted by Gasteiger charge is -2.23. The Hall–Kier alpha value is -3.78. The van der Waals surface area contributed by atoms with E-state index in [0.29, 0.717) is 24.4 Å². The second-order valence-electron chi connectivity index (χ2n) is 9.74. The molecule has 36 heavy (non-hydrogen) atoms. The quantitative estimate of drug-likeness (QED) is 0.428. The molecule has 0 saturated carbocycles. The van der Waals surface area contributed by atoms with Crippen molar-refractivity contribution in [3.8, 4) is 22.3 Å². The topological polar surface area (TPSA) is 82.2 Å². The van der Waals surface area contributed by atoms with Crippen molar-refractivity contribution in [1.29, 1.82) is 0 Å². The number of amides is 1. The number of ether oxygens (including phenoxy) is 1. The molecule has 0 aliphatic carbocycles. The molecule has 2 aliphatic rings. The number of benzene rings is 1. The van der Waals surface area contributed by atoms with E-state index in [4.69, 9.17) is 4.74 Å². The molecule has 2 fully saturated rings. The lowest BCUT2D eigenvalue weighted by Crippen LogP contribution is -2.28. The Morgan fingerprint density at radius 1 is 1.00 bits per heavy atom. The highest BCUT2D eigenvalue weighted by molar-refractivity contribution is 5.96. The van der Waals surface area contributed by atoms with E-state index in [9.17, 15) is 9.59 Å². The molecule has 3 aromatic heterocycles. The average molecular weight is 484 g/mol. The van der Waals surface area contributed by atoms with Gasteiger partial charge >= 0.3 is 0 Å². The van der Waals surface area contributed by atoms with Crippen LogP contribution < -0.4 is 10.5 Å². The molecule has 0 spiro atoms. The van der Waals surface area contributed by atoms with Gasteiger partial charge in [-0.2, -0.15) is 5.10 Å². The fourth-order valence-corrected chi connectivity index (χ4v) is 5.38. The maximum Gasteiger partial charge on any atom is 0.276 e. The van der Waals surface area contributed by atoms with Gasteiger partial charge in [0.25, 0.3) is 5.56 Å². The molecule has 8 nitrogen and oxygen atoms in total. The van der Waals surface area contributed by atoms with Crippen LogP contribution in [0, 0.1) is 5.92 Å². The molecular formula is C28H29N5O3. The normalized spacial score (nSPS) is 16.8. The lowest BCUT2D eigenvalue weighted by atomic mass is 9.99. The fourth-order valence-electron chi connectivity index (χ4n) is 5.38.